The molecule has 108 valence electrons. The van der Waals surface area contributed by atoms with E-state index in [-0.39, 0.29) is 12.0 Å². The number of hydrogen-bond acceptors (Lipinski definition) is 3. The van der Waals surface area contributed by atoms with E-state index in [1.165, 1.54) is 18.4 Å². The van der Waals surface area contributed by atoms with E-state index in [2.05, 4.69) is 16.7 Å². The van der Waals surface area contributed by atoms with Crippen LogP contribution in [0.3, 0.4) is 0 Å². The maximum atomic E-state index is 12.2. The number of piperidine rings is 1. The SMILES string of the molecule is O=C1Nc2ccccc2CCC1OCC1CCCNC1. The quantitative estimate of drug-likeness (QED) is 0.886. The van der Waals surface area contributed by atoms with Gasteiger partial charge in [0.1, 0.15) is 6.10 Å². The van der Waals surface area contributed by atoms with Gasteiger partial charge in [0.05, 0.1) is 6.61 Å². The molecule has 2 atom stereocenters. The monoisotopic (exact) mass is 274 g/mol. The lowest BCUT2D eigenvalue weighted by Gasteiger charge is -2.24. The van der Waals surface area contributed by atoms with Gasteiger partial charge in [0.25, 0.3) is 5.91 Å². The molecule has 1 aromatic carbocycles. The van der Waals surface area contributed by atoms with Crippen LogP contribution in [0.15, 0.2) is 24.3 Å². The number of aryl methyl sites for hydroxylation is 1. The third-order valence-electron chi connectivity index (χ3n) is 4.18. The standard InChI is InChI=1S/C16H22N2O2/c19-16-15(20-11-12-4-3-9-17-10-12)8-7-13-5-1-2-6-14(13)18-16/h1-2,5-6,12,15,17H,3-4,7-11H2,(H,18,19). The van der Waals surface area contributed by atoms with E-state index in [0.29, 0.717) is 12.5 Å². The third-order valence-corrected chi connectivity index (χ3v) is 4.18. The number of carbonyl (C=O) groups excluding carboxylic acids is 1. The second-order valence-electron chi connectivity index (χ2n) is 5.72. The van der Waals surface area contributed by atoms with Crippen molar-refractivity contribution in [1.29, 1.82) is 0 Å². The summed E-state index contributed by atoms with van der Waals surface area (Å²) in [6.45, 7) is 2.80. The second-order valence-corrected chi connectivity index (χ2v) is 5.72. The molecule has 1 saturated heterocycles. The van der Waals surface area contributed by atoms with Crippen molar-refractivity contribution in [3.8, 4) is 0 Å². The van der Waals surface area contributed by atoms with Gasteiger partial charge in [-0.1, -0.05) is 18.2 Å². The normalized spacial score (nSPS) is 26.5. The minimum Gasteiger partial charge on any atom is -0.368 e. The van der Waals surface area contributed by atoms with Gasteiger partial charge in [0.2, 0.25) is 0 Å². The predicted molar refractivity (Wildman–Crippen MR) is 78.7 cm³/mol. The highest BCUT2D eigenvalue weighted by atomic mass is 16.5. The summed E-state index contributed by atoms with van der Waals surface area (Å²) < 4.78 is 5.89. The Balaban J connectivity index is 1.57. The van der Waals surface area contributed by atoms with Crippen LogP contribution in [0.4, 0.5) is 5.69 Å². The minimum absolute atomic E-state index is 0.00119. The zero-order valence-electron chi connectivity index (χ0n) is 11.7. The van der Waals surface area contributed by atoms with E-state index in [4.69, 9.17) is 4.74 Å². The van der Waals surface area contributed by atoms with E-state index < -0.39 is 0 Å². The van der Waals surface area contributed by atoms with Crippen LogP contribution in [0.5, 0.6) is 0 Å². The Morgan fingerprint density at radius 3 is 3.00 bits per heavy atom. The number of rotatable bonds is 3. The molecule has 1 fully saturated rings. The molecule has 2 N–H and O–H groups in total. The molecule has 0 aliphatic carbocycles. The minimum atomic E-state index is -0.315. The predicted octanol–water partition coefficient (Wildman–Crippen LogP) is 1.96. The van der Waals surface area contributed by atoms with Gasteiger partial charge in [-0.15, -0.1) is 0 Å². The number of amides is 1. The Labute approximate surface area is 119 Å². The molecule has 4 nitrogen and oxygen atoms in total. The zero-order valence-corrected chi connectivity index (χ0v) is 11.7. The van der Waals surface area contributed by atoms with Crippen molar-refractivity contribution in [3.05, 3.63) is 29.8 Å². The molecule has 0 bridgehead atoms. The van der Waals surface area contributed by atoms with E-state index in [9.17, 15) is 4.79 Å². The molecule has 0 radical (unpaired) electrons. The van der Waals surface area contributed by atoms with Crippen molar-refractivity contribution in [2.75, 3.05) is 25.0 Å². The maximum absolute atomic E-state index is 12.2. The number of carbonyl (C=O) groups is 1. The Morgan fingerprint density at radius 2 is 2.15 bits per heavy atom. The Morgan fingerprint density at radius 1 is 1.25 bits per heavy atom. The molecule has 2 aliphatic heterocycles. The van der Waals surface area contributed by atoms with Crippen LogP contribution < -0.4 is 10.6 Å². The largest absolute Gasteiger partial charge is 0.368 e. The van der Waals surface area contributed by atoms with E-state index in [1.54, 1.807) is 0 Å². The van der Waals surface area contributed by atoms with Crippen molar-refractivity contribution in [2.45, 2.75) is 31.8 Å². The molecule has 2 aliphatic rings. The first-order valence-corrected chi connectivity index (χ1v) is 7.54. The summed E-state index contributed by atoms with van der Waals surface area (Å²) in [6, 6.07) is 8.00. The topological polar surface area (TPSA) is 50.4 Å². The van der Waals surface area contributed by atoms with E-state index >= 15 is 0 Å². The summed E-state index contributed by atoms with van der Waals surface area (Å²) in [4.78, 5) is 12.2. The maximum Gasteiger partial charge on any atom is 0.253 e. The lowest BCUT2D eigenvalue weighted by molar-refractivity contribution is -0.128. The molecule has 1 amide bonds. The highest BCUT2D eigenvalue weighted by Crippen LogP contribution is 2.23. The van der Waals surface area contributed by atoms with Gasteiger partial charge in [0, 0.05) is 12.2 Å². The molecule has 0 saturated carbocycles. The highest BCUT2D eigenvalue weighted by molar-refractivity contribution is 5.95. The first kappa shape index (κ1) is 13.6. The lowest BCUT2D eigenvalue weighted by Crippen LogP contribution is -2.36. The molecule has 0 spiro atoms. The Hall–Kier alpha value is -1.39. The van der Waals surface area contributed by atoms with Crippen molar-refractivity contribution in [1.82, 2.24) is 5.32 Å². The molecule has 20 heavy (non-hydrogen) atoms. The third kappa shape index (κ3) is 3.19. The summed E-state index contributed by atoms with van der Waals surface area (Å²) in [5.74, 6) is 0.542. The average Bonchev–Trinajstić information content (AvgIpc) is 2.65. The van der Waals surface area contributed by atoms with E-state index in [1.807, 2.05) is 18.2 Å². The van der Waals surface area contributed by atoms with Gasteiger partial charge in [-0.25, -0.2) is 0 Å². The lowest BCUT2D eigenvalue weighted by atomic mass is 10.0. The summed E-state index contributed by atoms with van der Waals surface area (Å²) in [5, 5.41) is 6.36. The number of ether oxygens (including phenoxy) is 1. The van der Waals surface area contributed by atoms with Crippen LogP contribution in [0, 0.1) is 5.92 Å². The van der Waals surface area contributed by atoms with Crippen molar-refractivity contribution in [3.63, 3.8) is 0 Å². The molecule has 4 heteroatoms. The average molecular weight is 274 g/mol. The molecule has 3 rings (SSSR count). The molecular formula is C16H22N2O2. The number of hydrogen-bond donors (Lipinski definition) is 2. The number of benzene rings is 1. The fraction of sp³-hybridized carbons (Fsp3) is 0.562. The van der Waals surface area contributed by atoms with Crippen LogP contribution in [0.1, 0.15) is 24.8 Å². The smallest absolute Gasteiger partial charge is 0.253 e. The number of para-hydroxylation sites is 1. The van der Waals surface area contributed by atoms with Crippen LogP contribution >= 0.6 is 0 Å². The van der Waals surface area contributed by atoms with Crippen LogP contribution in [0.25, 0.3) is 0 Å². The number of anilines is 1. The zero-order chi connectivity index (χ0) is 13.8. The molecule has 0 aromatic heterocycles. The summed E-state index contributed by atoms with van der Waals surface area (Å²) >= 11 is 0. The first-order chi connectivity index (χ1) is 9.83. The van der Waals surface area contributed by atoms with Crippen molar-refractivity contribution >= 4 is 11.6 Å². The van der Waals surface area contributed by atoms with Gasteiger partial charge in [-0.3, -0.25) is 4.79 Å². The van der Waals surface area contributed by atoms with Gasteiger partial charge >= 0.3 is 0 Å². The summed E-state index contributed by atoms with van der Waals surface area (Å²) in [7, 11) is 0. The van der Waals surface area contributed by atoms with Crippen molar-refractivity contribution < 1.29 is 9.53 Å². The van der Waals surface area contributed by atoms with Crippen molar-refractivity contribution in [2.24, 2.45) is 5.92 Å². The fourth-order valence-corrected chi connectivity index (χ4v) is 2.97. The molecule has 2 heterocycles. The molecule has 1 aromatic rings. The van der Waals surface area contributed by atoms with Gasteiger partial charge in [-0.05, 0) is 49.8 Å². The van der Waals surface area contributed by atoms with Crippen LogP contribution in [-0.4, -0.2) is 31.7 Å². The Kier molecular flexibility index (Phi) is 4.33. The van der Waals surface area contributed by atoms with Crippen LogP contribution in [0.2, 0.25) is 0 Å². The summed E-state index contributed by atoms with van der Waals surface area (Å²) in [5.41, 5.74) is 2.13. The molecular weight excluding hydrogens is 252 g/mol. The molecule has 2 unspecified atom stereocenters. The highest BCUT2D eigenvalue weighted by Gasteiger charge is 2.25. The van der Waals surface area contributed by atoms with Gasteiger partial charge in [0.15, 0.2) is 0 Å². The van der Waals surface area contributed by atoms with Crippen LogP contribution in [-0.2, 0) is 16.0 Å². The summed E-state index contributed by atoms with van der Waals surface area (Å²) in [6.07, 6.45) is 3.74. The number of nitrogens with one attached hydrogen (secondary N) is 2. The second kappa shape index (κ2) is 6.37. The first-order valence-electron chi connectivity index (χ1n) is 7.54. The Bertz CT molecular complexity index is 469. The fourth-order valence-electron chi connectivity index (χ4n) is 2.97. The number of fused-ring (bicyclic) bond motifs is 1. The van der Waals surface area contributed by atoms with Gasteiger partial charge in [-0.2, -0.15) is 0 Å². The van der Waals surface area contributed by atoms with Gasteiger partial charge < -0.3 is 15.4 Å². The van der Waals surface area contributed by atoms with E-state index in [0.717, 1.165) is 31.6 Å².